The van der Waals surface area contributed by atoms with Crippen molar-refractivity contribution in [1.82, 2.24) is 5.32 Å². The van der Waals surface area contributed by atoms with Crippen LogP contribution in [0.25, 0.3) is 0 Å². The summed E-state index contributed by atoms with van der Waals surface area (Å²) in [4.78, 5) is 19.9. The molecule has 0 heterocycles. The van der Waals surface area contributed by atoms with Gasteiger partial charge in [-0.2, -0.15) is 0 Å². The highest BCUT2D eigenvalue weighted by molar-refractivity contribution is 7.15. The average molecular weight is 334 g/mol. The molecule has 124 valence electrons. The standard InChI is InChI=1S/C8H8N2O2.C7H10N2.CH5P/c11-6-9-5-7-1-3-8(10-12)4-2-7;1-5-2-3-6(8)7(9)4-5;1-2/h1-4,6H,5H2,(H,9,11);2-4H,8-9H2,1H3;2H2,1H3. The monoisotopic (exact) mass is 334 g/mol. The van der Waals surface area contributed by atoms with E-state index in [-0.39, 0.29) is 0 Å². The first-order valence-electron chi connectivity index (χ1n) is 6.85. The smallest absolute Gasteiger partial charge is 0.207 e. The van der Waals surface area contributed by atoms with Gasteiger partial charge in [0.2, 0.25) is 6.41 Å². The molecule has 7 heteroatoms. The number of nitrogens with one attached hydrogen (secondary N) is 1. The van der Waals surface area contributed by atoms with Crippen molar-refractivity contribution in [3.8, 4) is 0 Å². The summed E-state index contributed by atoms with van der Waals surface area (Å²) in [5.74, 6) is 0. The normalized spacial score (nSPS) is 8.65. The van der Waals surface area contributed by atoms with Crippen LogP contribution in [0.15, 0.2) is 47.6 Å². The van der Waals surface area contributed by atoms with E-state index in [1.807, 2.05) is 31.8 Å². The topological polar surface area (TPSA) is 111 Å². The molecule has 0 fully saturated rings. The number of rotatable bonds is 4. The minimum Gasteiger partial charge on any atom is -0.397 e. The van der Waals surface area contributed by atoms with Crippen molar-refractivity contribution in [2.75, 3.05) is 18.1 Å². The summed E-state index contributed by atoms with van der Waals surface area (Å²) in [5.41, 5.74) is 14.7. The van der Waals surface area contributed by atoms with E-state index < -0.39 is 0 Å². The first-order valence-corrected chi connectivity index (χ1v) is 8.01. The molecular formula is C16H23N4O2P. The lowest BCUT2D eigenvalue weighted by Gasteiger charge is -1.98. The molecule has 1 unspecified atom stereocenters. The minimum atomic E-state index is 0.393. The molecule has 0 spiro atoms. The van der Waals surface area contributed by atoms with E-state index in [1.54, 1.807) is 24.3 Å². The molecule has 0 aliphatic carbocycles. The van der Waals surface area contributed by atoms with Crippen molar-refractivity contribution in [2.45, 2.75) is 13.5 Å². The number of anilines is 2. The Morgan fingerprint density at radius 1 is 1.09 bits per heavy atom. The number of amides is 1. The van der Waals surface area contributed by atoms with E-state index in [1.165, 1.54) is 0 Å². The molecule has 2 aromatic rings. The van der Waals surface area contributed by atoms with Crippen molar-refractivity contribution < 1.29 is 4.79 Å². The van der Waals surface area contributed by atoms with Gasteiger partial charge in [0.1, 0.15) is 5.69 Å². The van der Waals surface area contributed by atoms with Gasteiger partial charge in [-0.15, -0.1) is 14.1 Å². The number of carbonyl (C=O) groups excluding carboxylic acids is 1. The highest BCUT2D eigenvalue weighted by Gasteiger charge is 1.92. The van der Waals surface area contributed by atoms with Crippen LogP contribution in [-0.4, -0.2) is 13.1 Å². The molecule has 0 aromatic heterocycles. The van der Waals surface area contributed by atoms with Crippen LogP contribution in [-0.2, 0) is 11.3 Å². The molecule has 0 bridgehead atoms. The quantitative estimate of drug-likeness (QED) is 0.345. The lowest BCUT2D eigenvalue weighted by molar-refractivity contribution is -0.109. The molecule has 0 saturated heterocycles. The van der Waals surface area contributed by atoms with Crippen LogP contribution in [0.5, 0.6) is 0 Å². The molecule has 6 nitrogen and oxygen atoms in total. The van der Waals surface area contributed by atoms with Gasteiger partial charge in [-0.1, -0.05) is 24.9 Å². The van der Waals surface area contributed by atoms with Crippen molar-refractivity contribution in [1.29, 1.82) is 0 Å². The zero-order valence-electron chi connectivity index (χ0n) is 13.3. The SMILES string of the molecule is CP.Cc1ccc(N)c(N)c1.O=CNCc1ccc(N=O)cc1. The third kappa shape index (κ3) is 8.53. The predicted octanol–water partition coefficient (Wildman–Crippen LogP) is 2.98. The number of nitrogens with two attached hydrogens (primary N) is 2. The van der Waals surface area contributed by atoms with E-state index in [2.05, 4.69) is 19.7 Å². The second kappa shape index (κ2) is 12.1. The molecule has 23 heavy (non-hydrogen) atoms. The minimum absolute atomic E-state index is 0.393. The molecule has 2 rings (SSSR count). The van der Waals surface area contributed by atoms with Crippen LogP contribution in [0.3, 0.4) is 0 Å². The van der Waals surface area contributed by atoms with Crippen LogP contribution in [0, 0.1) is 11.8 Å². The molecule has 0 aliphatic heterocycles. The zero-order valence-corrected chi connectivity index (χ0v) is 14.5. The van der Waals surface area contributed by atoms with Gasteiger partial charge >= 0.3 is 0 Å². The van der Waals surface area contributed by atoms with Crippen molar-refractivity contribution in [2.24, 2.45) is 5.18 Å². The van der Waals surface area contributed by atoms with E-state index in [4.69, 9.17) is 11.5 Å². The Kier molecular flexibility index (Phi) is 10.8. The maximum Gasteiger partial charge on any atom is 0.207 e. The van der Waals surface area contributed by atoms with Crippen molar-refractivity contribution in [3.63, 3.8) is 0 Å². The Bertz CT molecular complexity index is 604. The van der Waals surface area contributed by atoms with E-state index in [0.29, 0.717) is 30.0 Å². The summed E-state index contributed by atoms with van der Waals surface area (Å²) in [6.45, 7) is 4.37. The summed E-state index contributed by atoms with van der Waals surface area (Å²) >= 11 is 0. The fourth-order valence-corrected chi connectivity index (χ4v) is 1.53. The molecule has 2 aromatic carbocycles. The summed E-state index contributed by atoms with van der Waals surface area (Å²) in [6, 6.07) is 12.3. The Balaban J connectivity index is 0.000000392. The number of hydrogen-bond acceptors (Lipinski definition) is 5. The van der Waals surface area contributed by atoms with Gasteiger partial charge in [0.15, 0.2) is 0 Å². The Labute approximate surface area is 138 Å². The third-order valence-electron chi connectivity index (χ3n) is 2.67. The summed E-state index contributed by atoms with van der Waals surface area (Å²) < 4.78 is 0. The van der Waals surface area contributed by atoms with Crippen molar-refractivity contribution in [3.05, 3.63) is 58.5 Å². The number of carbonyl (C=O) groups is 1. The number of benzene rings is 2. The summed E-state index contributed by atoms with van der Waals surface area (Å²) in [7, 11) is 2.42. The lowest BCUT2D eigenvalue weighted by atomic mass is 10.2. The van der Waals surface area contributed by atoms with Gasteiger partial charge in [-0.3, -0.25) is 4.79 Å². The van der Waals surface area contributed by atoms with Crippen molar-refractivity contribution >= 4 is 32.7 Å². The van der Waals surface area contributed by atoms with Gasteiger partial charge < -0.3 is 16.8 Å². The van der Waals surface area contributed by atoms with Crippen LogP contribution in [0.1, 0.15) is 11.1 Å². The fraction of sp³-hybridized carbons (Fsp3) is 0.188. The molecule has 1 amide bonds. The second-order valence-electron chi connectivity index (χ2n) is 4.39. The number of nitrogens with zero attached hydrogens (tertiary/aromatic N) is 1. The number of hydrogen-bond donors (Lipinski definition) is 3. The largest absolute Gasteiger partial charge is 0.397 e. The van der Waals surface area contributed by atoms with Gasteiger partial charge in [-0.05, 0) is 47.5 Å². The molecular weight excluding hydrogens is 311 g/mol. The third-order valence-corrected chi connectivity index (χ3v) is 2.67. The highest BCUT2D eigenvalue weighted by atomic mass is 31.0. The van der Waals surface area contributed by atoms with Gasteiger partial charge in [0.25, 0.3) is 0 Å². The first kappa shape index (κ1) is 20.5. The summed E-state index contributed by atoms with van der Waals surface area (Å²) in [6.07, 6.45) is 0.631. The average Bonchev–Trinajstić information content (AvgIpc) is 2.59. The first-order chi connectivity index (χ1) is 11.1. The number of nitrogen functional groups attached to an aromatic ring is 2. The van der Waals surface area contributed by atoms with Crippen LogP contribution in [0.4, 0.5) is 17.1 Å². The maximum atomic E-state index is 10.0. The predicted molar refractivity (Wildman–Crippen MR) is 100 cm³/mol. The molecule has 0 saturated carbocycles. The Morgan fingerprint density at radius 3 is 2.13 bits per heavy atom. The molecule has 5 N–H and O–H groups in total. The van der Waals surface area contributed by atoms with Gasteiger partial charge in [0, 0.05) is 6.54 Å². The summed E-state index contributed by atoms with van der Waals surface area (Å²) in [5, 5.41) is 5.26. The second-order valence-corrected chi connectivity index (χ2v) is 4.39. The number of nitroso groups, excluding NO2 is 1. The highest BCUT2D eigenvalue weighted by Crippen LogP contribution is 2.14. The van der Waals surface area contributed by atoms with E-state index >= 15 is 0 Å². The lowest BCUT2D eigenvalue weighted by Crippen LogP contribution is -2.09. The van der Waals surface area contributed by atoms with Gasteiger partial charge in [-0.25, -0.2) is 0 Å². The molecule has 0 radical (unpaired) electrons. The Morgan fingerprint density at radius 2 is 1.70 bits per heavy atom. The van der Waals surface area contributed by atoms with Crippen LogP contribution < -0.4 is 16.8 Å². The van der Waals surface area contributed by atoms with Crippen LogP contribution in [0.2, 0.25) is 0 Å². The van der Waals surface area contributed by atoms with Crippen LogP contribution >= 0.6 is 9.24 Å². The molecule has 0 aliphatic rings. The fourth-order valence-electron chi connectivity index (χ4n) is 1.53. The van der Waals surface area contributed by atoms with E-state index in [9.17, 15) is 9.70 Å². The zero-order chi connectivity index (χ0) is 17.7. The van der Waals surface area contributed by atoms with Gasteiger partial charge in [0.05, 0.1) is 11.4 Å². The van der Waals surface area contributed by atoms with E-state index in [0.717, 1.165) is 11.1 Å². The Hall–Kier alpha value is -2.46. The number of aryl methyl sites for hydroxylation is 1. The molecule has 1 atom stereocenters. The maximum absolute atomic E-state index is 10.0.